The molecule has 0 unspecified atom stereocenters. The molecule has 0 aliphatic carbocycles. The molecule has 1 heterocycles. The van der Waals surface area contributed by atoms with Gasteiger partial charge in [-0.25, -0.2) is 0 Å². The summed E-state index contributed by atoms with van der Waals surface area (Å²) in [5, 5.41) is 0. The van der Waals surface area contributed by atoms with Crippen molar-refractivity contribution in [1.82, 2.24) is 4.90 Å². The van der Waals surface area contributed by atoms with E-state index < -0.39 is 0 Å². The number of carbonyl (C=O) groups is 2. The molecule has 2 rings (SSSR count). The summed E-state index contributed by atoms with van der Waals surface area (Å²) in [4.78, 5) is 27.0. The van der Waals surface area contributed by atoms with Crippen molar-refractivity contribution in [2.24, 2.45) is 0 Å². The third-order valence-corrected chi connectivity index (χ3v) is 3.40. The molecule has 0 radical (unpaired) electrons. The van der Waals surface area contributed by atoms with Gasteiger partial charge in [-0.05, 0) is 17.0 Å². The smallest absolute Gasteiger partial charge is 0.247 e. The van der Waals surface area contributed by atoms with Gasteiger partial charge in [-0.1, -0.05) is 39.0 Å². The van der Waals surface area contributed by atoms with Gasteiger partial charge < -0.3 is 9.80 Å². The number of carbonyl (C=O) groups excluding carboxylic acids is 2. The molecule has 0 aromatic heterocycles. The van der Waals surface area contributed by atoms with Crippen molar-refractivity contribution in [2.75, 3.05) is 25.0 Å². The van der Waals surface area contributed by atoms with E-state index in [1.54, 1.807) is 11.9 Å². The standard InChI is InChI=1S/C15H20N2O2/c1-15(2,3)11-7-5-6-8-12(11)17-10-13(18)16(4)9-14(17)19/h5-8H,9-10H2,1-4H3. The van der Waals surface area contributed by atoms with Gasteiger partial charge in [-0.3, -0.25) is 9.59 Å². The predicted octanol–water partition coefficient (Wildman–Crippen LogP) is 1.79. The molecule has 0 atom stereocenters. The molecule has 1 aromatic carbocycles. The summed E-state index contributed by atoms with van der Waals surface area (Å²) in [7, 11) is 1.66. The molecule has 1 aromatic rings. The van der Waals surface area contributed by atoms with Crippen LogP contribution in [0.15, 0.2) is 24.3 Å². The SMILES string of the molecule is CN1CC(=O)N(c2ccccc2C(C)(C)C)CC1=O. The van der Waals surface area contributed by atoms with Crippen molar-refractivity contribution < 1.29 is 9.59 Å². The lowest BCUT2D eigenvalue weighted by Crippen LogP contribution is -2.52. The van der Waals surface area contributed by atoms with Crippen LogP contribution in [0, 0.1) is 0 Å². The maximum absolute atomic E-state index is 12.2. The third-order valence-electron chi connectivity index (χ3n) is 3.40. The molecule has 1 aliphatic heterocycles. The fraction of sp³-hybridized carbons (Fsp3) is 0.467. The Morgan fingerprint density at radius 3 is 2.26 bits per heavy atom. The molecule has 4 heteroatoms. The van der Waals surface area contributed by atoms with E-state index in [4.69, 9.17) is 0 Å². The molecule has 0 saturated carbocycles. The van der Waals surface area contributed by atoms with Crippen LogP contribution in [-0.2, 0) is 15.0 Å². The Bertz CT molecular complexity index is 517. The highest BCUT2D eigenvalue weighted by Crippen LogP contribution is 2.32. The van der Waals surface area contributed by atoms with E-state index in [1.807, 2.05) is 24.3 Å². The fourth-order valence-electron chi connectivity index (χ4n) is 2.28. The van der Waals surface area contributed by atoms with Crippen LogP contribution < -0.4 is 4.90 Å². The van der Waals surface area contributed by atoms with Crippen molar-refractivity contribution in [2.45, 2.75) is 26.2 Å². The average Bonchev–Trinajstić information content (AvgIpc) is 2.33. The van der Waals surface area contributed by atoms with E-state index in [1.165, 1.54) is 4.90 Å². The summed E-state index contributed by atoms with van der Waals surface area (Å²) < 4.78 is 0. The van der Waals surface area contributed by atoms with Crippen molar-refractivity contribution in [3.63, 3.8) is 0 Å². The summed E-state index contributed by atoms with van der Waals surface area (Å²) in [6, 6.07) is 7.80. The summed E-state index contributed by atoms with van der Waals surface area (Å²) >= 11 is 0. The number of nitrogens with zero attached hydrogens (tertiary/aromatic N) is 2. The minimum atomic E-state index is -0.0662. The van der Waals surface area contributed by atoms with Crippen molar-refractivity contribution in [1.29, 1.82) is 0 Å². The number of hydrogen-bond donors (Lipinski definition) is 0. The van der Waals surface area contributed by atoms with E-state index in [-0.39, 0.29) is 30.3 Å². The zero-order chi connectivity index (χ0) is 14.2. The monoisotopic (exact) mass is 260 g/mol. The largest absolute Gasteiger partial charge is 0.335 e. The number of rotatable bonds is 1. The minimum absolute atomic E-state index is 0.0247. The molecule has 19 heavy (non-hydrogen) atoms. The average molecular weight is 260 g/mol. The Kier molecular flexibility index (Phi) is 3.35. The highest BCUT2D eigenvalue weighted by atomic mass is 16.2. The zero-order valence-corrected chi connectivity index (χ0v) is 11.9. The maximum Gasteiger partial charge on any atom is 0.247 e. The highest BCUT2D eigenvalue weighted by molar-refractivity contribution is 6.04. The number of benzene rings is 1. The first-order chi connectivity index (χ1) is 8.80. The van der Waals surface area contributed by atoms with Gasteiger partial charge in [0.1, 0.15) is 6.54 Å². The van der Waals surface area contributed by atoms with Crippen LogP contribution in [0.3, 0.4) is 0 Å². The topological polar surface area (TPSA) is 40.6 Å². The van der Waals surface area contributed by atoms with Gasteiger partial charge >= 0.3 is 0 Å². The summed E-state index contributed by atoms with van der Waals surface area (Å²) in [5.74, 6) is -0.0536. The lowest BCUT2D eigenvalue weighted by molar-refractivity contribution is -0.136. The number of hydrogen-bond acceptors (Lipinski definition) is 2. The molecule has 0 bridgehead atoms. The predicted molar refractivity (Wildman–Crippen MR) is 75.1 cm³/mol. The van der Waals surface area contributed by atoms with E-state index >= 15 is 0 Å². The lowest BCUT2D eigenvalue weighted by atomic mass is 9.85. The third kappa shape index (κ3) is 2.62. The quantitative estimate of drug-likeness (QED) is 0.772. The molecule has 0 N–H and O–H groups in total. The fourth-order valence-corrected chi connectivity index (χ4v) is 2.28. The van der Waals surface area contributed by atoms with Crippen molar-refractivity contribution >= 4 is 17.5 Å². The van der Waals surface area contributed by atoms with Gasteiger partial charge in [0.2, 0.25) is 11.8 Å². The normalized spacial score (nSPS) is 17.1. The second kappa shape index (κ2) is 4.68. The first-order valence-electron chi connectivity index (χ1n) is 6.44. The van der Waals surface area contributed by atoms with E-state index in [0.29, 0.717) is 0 Å². The van der Waals surface area contributed by atoms with Crippen LogP contribution in [-0.4, -0.2) is 36.9 Å². The number of piperazine rings is 1. The molecule has 1 aliphatic rings. The molecule has 0 spiro atoms. The molecule has 102 valence electrons. The molecule has 4 nitrogen and oxygen atoms in total. The molecule has 2 amide bonds. The van der Waals surface area contributed by atoms with Gasteiger partial charge in [0.25, 0.3) is 0 Å². The van der Waals surface area contributed by atoms with E-state index in [9.17, 15) is 9.59 Å². The maximum atomic E-state index is 12.2. The molecular weight excluding hydrogens is 240 g/mol. The number of anilines is 1. The first kappa shape index (κ1) is 13.6. The van der Waals surface area contributed by atoms with Crippen LogP contribution in [0.2, 0.25) is 0 Å². The Labute approximate surface area is 114 Å². The van der Waals surface area contributed by atoms with Crippen LogP contribution >= 0.6 is 0 Å². The second-order valence-corrected chi connectivity index (χ2v) is 6.00. The van der Waals surface area contributed by atoms with Crippen LogP contribution in [0.4, 0.5) is 5.69 Å². The Hall–Kier alpha value is -1.84. The molecule has 1 saturated heterocycles. The Morgan fingerprint density at radius 2 is 1.63 bits per heavy atom. The van der Waals surface area contributed by atoms with Crippen LogP contribution in [0.1, 0.15) is 26.3 Å². The summed E-state index contributed by atoms with van der Waals surface area (Å²) in [6.45, 7) is 6.59. The highest BCUT2D eigenvalue weighted by Gasteiger charge is 2.31. The summed E-state index contributed by atoms with van der Waals surface area (Å²) in [5.41, 5.74) is 1.87. The zero-order valence-electron chi connectivity index (χ0n) is 11.9. The first-order valence-corrected chi connectivity index (χ1v) is 6.44. The Morgan fingerprint density at radius 1 is 1.00 bits per heavy atom. The van der Waals surface area contributed by atoms with Gasteiger partial charge in [-0.15, -0.1) is 0 Å². The molecular formula is C15H20N2O2. The lowest BCUT2D eigenvalue weighted by Gasteiger charge is -2.35. The number of amides is 2. The minimum Gasteiger partial charge on any atom is -0.335 e. The Balaban J connectivity index is 2.42. The van der Waals surface area contributed by atoms with Crippen LogP contribution in [0.25, 0.3) is 0 Å². The van der Waals surface area contributed by atoms with E-state index in [0.717, 1.165) is 11.3 Å². The van der Waals surface area contributed by atoms with Crippen molar-refractivity contribution in [3.05, 3.63) is 29.8 Å². The summed E-state index contributed by atoms with van der Waals surface area (Å²) in [6.07, 6.45) is 0. The van der Waals surface area contributed by atoms with Gasteiger partial charge in [0.15, 0.2) is 0 Å². The number of likely N-dealkylation sites (N-methyl/N-ethyl adjacent to an activating group) is 1. The second-order valence-electron chi connectivity index (χ2n) is 6.00. The van der Waals surface area contributed by atoms with Crippen LogP contribution in [0.5, 0.6) is 0 Å². The van der Waals surface area contributed by atoms with Gasteiger partial charge in [0, 0.05) is 12.7 Å². The van der Waals surface area contributed by atoms with Gasteiger partial charge in [-0.2, -0.15) is 0 Å². The van der Waals surface area contributed by atoms with E-state index in [2.05, 4.69) is 20.8 Å². The molecule has 1 fully saturated rings. The van der Waals surface area contributed by atoms with Gasteiger partial charge in [0.05, 0.1) is 6.54 Å². The van der Waals surface area contributed by atoms with Crippen molar-refractivity contribution in [3.8, 4) is 0 Å². The number of para-hydroxylation sites is 1.